The van der Waals surface area contributed by atoms with Crippen LogP contribution in [0.4, 0.5) is 5.69 Å². The summed E-state index contributed by atoms with van der Waals surface area (Å²) < 4.78 is 0. The SMILES string of the molecule is CCCCC(=Nc1cccc(C)c1C)c1ccc(-c2ccccc2)cc1. The molecule has 0 N–H and O–H groups in total. The number of unbranched alkanes of at least 4 members (excludes halogenated alkanes) is 1. The van der Waals surface area contributed by atoms with Crippen molar-refractivity contribution in [1.82, 2.24) is 0 Å². The molecule has 0 aliphatic heterocycles. The Morgan fingerprint density at radius 2 is 1.46 bits per heavy atom. The van der Waals surface area contributed by atoms with E-state index in [1.807, 2.05) is 0 Å². The zero-order valence-electron chi connectivity index (χ0n) is 16.0. The second-order valence-corrected chi connectivity index (χ2v) is 6.82. The van der Waals surface area contributed by atoms with Gasteiger partial charge in [-0.05, 0) is 60.6 Å². The maximum atomic E-state index is 5.05. The first-order valence-corrected chi connectivity index (χ1v) is 9.48. The number of aryl methyl sites for hydroxylation is 1. The molecule has 132 valence electrons. The number of nitrogens with zero attached hydrogens (tertiary/aromatic N) is 1. The lowest BCUT2D eigenvalue weighted by molar-refractivity contribution is 0.835. The van der Waals surface area contributed by atoms with E-state index in [9.17, 15) is 0 Å². The summed E-state index contributed by atoms with van der Waals surface area (Å²) in [6.07, 6.45) is 3.34. The van der Waals surface area contributed by atoms with Gasteiger partial charge in [0, 0.05) is 5.71 Å². The molecule has 0 radical (unpaired) electrons. The van der Waals surface area contributed by atoms with Gasteiger partial charge < -0.3 is 0 Å². The van der Waals surface area contributed by atoms with Crippen molar-refractivity contribution in [2.75, 3.05) is 0 Å². The zero-order chi connectivity index (χ0) is 18.4. The normalized spacial score (nSPS) is 11.6. The third kappa shape index (κ3) is 4.29. The summed E-state index contributed by atoms with van der Waals surface area (Å²) in [4.78, 5) is 5.05. The summed E-state index contributed by atoms with van der Waals surface area (Å²) in [5, 5.41) is 0. The average Bonchev–Trinajstić information content (AvgIpc) is 2.69. The van der Waals surface area contributed by atoms with E-state index in [1.54, 1.807) is 0 Å². The molecule has 0 saturated heterocycles. The molecular formula is C25H27N. The van der Waals surface area contributed by atoms with Crippen molar-refractivity contribution < 1.29 is 0 Å². The predicted octanol–water partition coefficient (Wildman–Crippen LogP) is 7.28. The average molecular weight is 341 g/mol. The predicted molar refractivity (Wildman–Crippen MR) is 114 cm³/mol. The lowest BCUT2D eigenvalue weighted by Crippen LogP contribution is -2.01. The van der Waals surface area contributed by atoms with Gasteiger partial charge in [-0.1, -0.05) is 80.1 Å². The molecule has 0 heterocycles. The maximum absolute atomic E-state index is 5.05. The standard InChI is InChI=1S/C25H27N/c1-4-5-13-25(26-24-14-9-10-19(2)20(24)3)23-17-15-22(16-18-23)21-11-7-6-8-12-21/h6-12,14-18H,4-5,13H2,1-3H3. The molecule has 0 aliphatic carbocycles. The smallest absolute Gasteiger partial charge is 0.0664 e. The Morgan fingerprint density at radius 1 is 0.769 bits per heavy atom. The van der Waals surface area contributed by atoms with Crippen LogP contribution in [-0.2, 0) is 0 Å². The molecule has 0 amide bonds. The minimum absolute atomic E-state index is 1.01. The summed E-state index contributed by atoms with van der Waals surface area (Å²) in [6, 6.07) is 25.7. The van der Waals surface area contributed by atoms with Gasteiger partial charge in [0.15, 0.2) is 0 Å². The summed E-state index contributed by atoms with van der Waals surface area (Å²) >= 11 is 0. The van der Waals surface area contributed by atoms with Crippen molar-refractivity contribution in [3.8, 4) is 11.1 Å². The number of aliphatic imine (C=N–C) groups is 1. The first kappa shape index (κ1) is 18.1. The molecule has 1 heteroatoms. The lowest BCUT2D eigenvalue weighted by atomic mass is 9.99. The highest BCUT2D eigenvalue weighted by molar-refractivity contribution is 6.02. The van der Waals surface area contributed by atoms with Crippen molar-refractivity contribution in [3.63, 3.8) is 0 Å². The minimum Gasteiger partial charge on any atom is -0.253 e. The Morgan fingerprint density at radius 3 is 2.15 bits per heavy atom. The number of rotatable bonds is 6. The Hall–Kier alpha value is -2.67. The van der Waals surface area contributed by atoms with Crippen LogP contribution in [0, 0.1) is 13.8 Å². The van der Waals surface area contributed by atoms with Gasteiger partial charge in [-0.3, -0.25) is 4.99 Å². The number of hydrogen-bond donors (Lipinski definition) is 0. The van der Waals surface area contributed by atoms with E-state index >= 15 is 0 Å². The molecular weight excluding hydrogens is 314 g/mol. The van der Waals surface area contributed by atoms with E-state index in [-0.39, 0.29) is 0 Å². The monoisotopic (exact) mass is 341 g/mol. The Balaban J connectivity index is 1.95. The first-order valence-electron chi connectivity index (χ1n) is 9.48. The third-order valence-corrected chi connectivity index (χ3v) is 4.92. The zero-order valence-corrected chi connectivity index (χ0v) is 16.0. The lowest BCUT2D eigenvalue weighted by Gasteiger charge is -2.10. The molecule has 0 unspecified atom stereocenters. The highest BCUT2D eigenvalue weighted by Gasteiger charge is 2.07. The van der Waals surface area contributed by atoms with Crippen LogP contribution in [0.3, 0.4) is 0 Å². The van der Waals surface area contributed by atoms with Crippen LogP contribution < -0.4 is 0 Å². The van der Waals surface area contributed by atoms with E-state index in [1.165, 1.54) is 39.9 Å². The van der Waals surface area contributed by atoms with E-state index in [0.29, 0.717) is 0 Å². The number of benzene rings is 3. The van der Waals surface area contributed by atoms with Crippen LogP contribution in [0.1, 0.15) is 42.9 Å². The van der Waals surface area contributed by atoms with Crippen molar-refractivity contribution in [2.24, 2.45) is 4.99 Å². The molecule has 26 heavy (non-hydrogen) atoms. The highest BCUT2D eigenvalue weighted by Crippen LogP contribution is 2.25. The van der Waals surface area contributed by atoms with Crippen molar-refractivity contribution in [3.05, 3.63) is 89.5 Å². The van der Waals surface area contributed by atoms with Gasteiger partial charge in [0.2, 0.25) is 0 Å². The van der Waals surface area contributed by atoms with E-state index in [4.69, 9.17) is 4.99 Å². The van der Waals surface area contributed by atoms with Crippen LogP contribution in [0.2, 0.25) is 0 Å². The molecule has 0 aromatic heterocycles. The minimum atomic E-state index is 1.01. The second kappa shape index (κ2) is 8.62. The van der Waals surface area contributed by atoms with Crippen LogP contribution in [0.25, 0.3) is 11.1 Å². The maximum Gasteiger partial charge on any atom is 0.0664 e. The molecule has 1 nitrogen and oxygen atoms in total. The van der Waals surface area contributed by atoms with Crippen LogP contribution >= 0.6 is 0 Å². The van der Waals surface area contributed by atoms with Crippen LogP contribution in [0.15, 0.2) is 77.8 Å². The molecule has 0 saturated carbocycles. The fourth-order valence-electron chi connectivity index (χ4n) is 3.10. The topological polar surface area (TPSA) is 12.4 Å². The fraction of sp³-hybridized carbons (Fsp3) is 0.240. The van der Waals surface area contributed by atoms with E-state index in [0.717, 1.165) is 18.5 Å². The molecule has 0 bridgehead atoms. The van der Waals surface area contributed by atoms with Gasteiger partial charge >= 0.3 is 0 Å². The van der Waals surface area contributed by atoms with Crippen LogP contribution in [0.5, 0.6) is 0 Å². The van der Waals surface area contributed by atoms with Gasteiger partial charge in [0.1, 0.15) is 0 Å². The Bertz CT molecular complexity index is 874. The van der Waals surface area contributed by atoms with Gasteiger partial charge in [-0.15, -0.1) is 0 Å². The van der Waals surface area contributed by atoms with Crippen molar-refractivity contribution >= 4 is 11.4 Å². The molecule has 3 rings (SSSR count). The Labute approximate surface area is 157 Å². The van der Waals surface area contributed by atoms with E-state index in [2.05, 4.69) is 93.6 Å². The Kier molecular flexibility index (Phi) is 6.01. The number of hydrogen-bond acceptors (Lipinski definition) is 1. The first-order chi connectivity index (χ1) is 12.7. The van der Waals surface area contributed by atoms with Gasteiger partial charge in [0.05, 0.1) is 5.69 Å². The highest BCUT2D eigenvalue weighted by atomic mass is 14.8. The quantitative estimate of drug-likeness (QED) is 0.418. The summed E-state index contributed by atoms with van der Waals surface area (Å²) in [6.45, 7) is 6.53. The van der Waals surface area contributed by atoms with E-state index < -0.39 is 0 Å². The van der Waals surface area contributed by atoms with Gasteiger partial charge in [0.25, 0.3) is 0 Å². The largest absolute Gasteiger partial charge is 0.253 e. The molecule has 3 aromatic rings. The third-order valence-electron chi connectivity index (χ3n) is 4.92. The molecule has 3 aromatic carbocycles. The van der Waals surface area contributed by atoms with Gasteiger partial charge in [-0.2, -0.15) is 0 Å². The molecule has 0 aliphatic rings. The molecule has 0 fully saturated rings. The molecule has 0 atom stereocenters. The summed E-state index contributed by atoms with van der Waals surface area (Å²) in [7, 11) is 0. The van der Waals surface area contributed by atoms with Gasteiger partial charge in [-0.25, -0.2) is 0 Å². The van der Waals surface area contributed by atoms with Crippen molar-refractivity contribution in [1.29, 1.82) is 0 Å². The fourth-order valence-corrected chi connectivity index (χ4v) is 3.10. The summed E-state index contributed by atoms with van der Waals surface area (Å²) in [5.41, 5.74) is 8.54. The van der Waals surface area contributed by atoms with Crippen molar-refractivity contribution in [2.45, 2.75) is 40.0 Å². The van der Waals surface area contributed by atoms with Crippen LogP contribution in [-0.4, -0.2) is 5.71 Å². The second-order valence-electron chi connectivity index (χ2n) is 6.82. The summed E-state index contributed by atoms with van der Waals surface area (Å²) in [5.74, 6) is 0. The molecule has 0 spiro atoms.